The largest absolute Gasteiger partial charge is 0.507 e. The summed E-state index contributed by atoms with van der Waals surface area (Å²) in [6.07, 6.45) is 0. The van der Waals surface area contributed by atoms with Crippen molar-refractivity contribution >= 4 is 0 Å². The fourth-order valence-electron chi connectivity index (χ4n) is 0.0680. The minimum absolute atomic E-state index is 0. The van der Waals surface area contributed by atoms with Crippen molar-refractivity contribution in [1.82, 2.24) is 0 Å². The van der Waals surface area contributed by atoms with Crippen LogP contribution in [0.4, 0.5) is 0 Å². The molecule has 27 valence electrons. The first-order chi connectivity index (χ1) is 2.00. The van der Waals surface area contributed by atoms with Crippen LogP contribution >= 0.6 is 0 Å². The van der Waals surface area contributed by atoms with Gasteiger partial charge in [-0.05, 0) is 0 Å². The maximum atomic E-state index is 4.38. The van der Waals surface area contributed by atoms with E-state index in [2.05, 4.69) is 9.47 Å². The molecule has 0 spiro atoms. The van der Waals surface area contributed by atoms with E-state index in [1.807, 2.05) is 0 Å². The van der Waals surface area contributed by atoms with Crippen molar-refractivity contribution in [3.05, 3.63) is 6.79 Å². The maximum Gasteiger partial charge on any atom is 0.0888 e. The normalized spacial score (nSPS) is 19.2. The van der Waals surface area contributed by atoms with Gasteiger partial charge in [0.2, 0.25) is 0 Å². The fraction of sp³-hybridized carbons (Fsp3) is 0.500. The minimum atomic E-state index is 0. The van der Waals surface area contributed by atoms with Crippen molar-refractivity contribution in [2.75, 3.05) is 6.79 Å². The number of hydrogen-bond acceptors (Lipinski definition) is 2. The predicted octanol–water partition coefficient (Wildman–Crippen LogP) is 0.107. The molecule has 2 nitrogen and oxygen atoms in total. The Morgan fingerprint density at radius 3 is 1.60 bits per heavy atom. The molecule has 1 saturated heterocycles. The van der Waals surface area contributed by atoms with Crippen LogP contribution in [-0.2, 0) is 42.2 Å². The Labute approximate surface area is 55.7 Å². The molecule has 1 fully saturated rings. The maximum absolute atomic E-state index is 4.38. The summed E-state index contributed by atoms with van der Waals surface area (Å²) in [7, 11) is 0. The van der Waals surface area contributed by atoms with Crippen LogP contribution in [-0.4, -0.2) is 6.79 Å². The van der Waals surface area contributed by atoms with Gasteiger partial charge in [-0.3, -0.25) is 0 Å². The third-order valence-electron chi connectivity index (χ3n) is 0.272. The Morgan fingerprint density at radius 1 is 1.40 bits per heavy atom. The van der Waals surface area contributed by atoms with Crippen LogP contribution < -0.4 is 0 Å². The minimum Gasteiger partial charge on any atom is -0.507 e. The molecule has 0 aromatic carbocycles. The number of ether oxygens (including phenoxy) is 2. The van der Waals surface area contributed by atoms with Gasteiger partial charge in [0.1, 0.15) is 0 Å². The van der Waals surface area contributed by atoms with Crippen molar-refractivity contribution in [3.63, 3.8) is 0 Å². The number of rotatable bonds is 0. The van der Waals surface area contributed by atoms with Crippen molar-refractivity contribution in [3.8, 4) is 0 Å². The van der Waals surface area contributed by atoms with Crippen molar-refractivity contribution in [1.29, 1.82) is 0 Å². The summed E-state index contributed by atoms with van der Waals surface area (Å²) >= 11 is 0. The molecule has 0 unspecified atom stereocenters. The second-order valence-electron chi connectivity index (χ2n) is 0.547. The predicted molar refractivity (Wildman–Crippen MR) is 11.3 cm³/mol. The monoisotopic (exact) mass is 148 g/mol. The zero-order valence-electron chi connectivity index (χ0n) is 2.68. The van der Waals surface area contributed by atoms with E-state index in [1.54, 1.807) is 0 Å². The van der Waals surface area contributed by atoms with Crippen LogP contribution in [0.3, 0.4) is 0 Å². The molecule has 1 rings (SSSR count). The smallest absolute Gasteiger partial charge is 0.0888 e. The Hall–Kier alpha value is 1.02. The molecule has 0 aromatic heterocycles. The standard InChI is InChI=1S/C2H3O2.Y/c1-3-2-4-1;/h1H,2H2;/q-1;. The zero-order chi connectivity index (χ0) is 2.83. The fourth-order valence-corrected chi connectivity index (χ4v) is 0.0680. The van der Waals surface area contributed by atoms with Crippen molar-refractivity contribution in [2.24, 2.45) is 0 Å². The van der Waals surface area contributed by atoms with Crippen molar-refractivity contribution < 1.29 is 42.2 Å². The summed E-state index contributed by atoms with van der Waals surface area (Å²) in [4.78, 5) is 0. The van der Waals surface area contributed by atoms with Crippen LogP contribution in [0.5, 0.6) is 0 Å². The summed E-state index contributed by atoms with van der Waals surface area (Å²) in [5.41, 5.74) is 0. The average Bonchev–Trinajstić information content (AvgIpc) is 0.722. The van der Waals surface area contributed by atoms with E-state index < -0.39 is 0 Å². The molecule has 1 heterocycles. The third kappa shape index (κ3) is 1.82. The molecule has 1 aliphatic rings. The second kappa shape index (κ2) is 3.22. The van der Waals surface area contributed by atoms with Crippen LogP contribution in [0, 0.1) is 6.79 Å². The molecule has 1 aliphatic heterocycles. The van der Waals surface area contributed by atoms with Crippen LogP contribution in [0.1, 0.15) is 0 Å². The topological polar surface area (TPSA) is 18.5 Å². The van der Waals surface area contributed by atoms with Crippen LogP contribution in [0.25, 0.3) is 0 Å². The van der Waals surface area contributed by atoms with Crippen molar-refractivity contribution in [2.45, 2.75) is 0 Å². The summed E-state index contributed by atoms with van der Waals surface area (Å²) in [6, 6.07) is 0. The third-order valence-corrected chi connectivity index (χ3v) is 0.272. The molecule has 1 radical (unpaired) electrons. The first-order valence-corrected chi connectivity index (χ1v) is 1.05. The molecular formula is C2H3O2Y-. The Kier molecular flexibility index (Phi) is 3.88. The first kappa shape index (κ1) is 6.02. The summed E-state index contributed by atoms with van der Waals surface area (Å²) < 4.78 is 8.75. The summed E-state index contributed by atoms with van der Waals surface area (Å²) in [6.45, 7) is 1.75. The van der Waals surface area contributed by atoms with Crippen LogP contribution in [0.15, 0.2) is 0 Å². The average molecular weight is 148 g/mol. The van der Waals surface area contributed by atoms with Gasteiger partial charge in [0, 0.05) is 32.7 Å². The Balaban J connectivity index is 0.000000160. The molecule has 0 bridgehead atoms. The van der Waals surface area contributed by atoms with Gasteiger partial charge < -0.3 is 9.47 Å². The van der Waals surface area contributed by atoms with E-state index in [9.17, 15) is 0 Å². The second-order valence-corrected chi connectivity index (χ2v) is 0.547. The van der Waals surface area contributed by atoms with Gasteiger partial charge in [-0.15, -0.1) is 0 Å². The van der Waals surface area contributed by atoms with Gasteiger partial charge >= 0.3 is 0 Å². The quantitative estimate of drug-likeness (QED) is 0.454. The van der Waals surface area contributed by atoms with Crippen LogP contribution in [0.2, 0.25) is 0 Å². The molecule has 0 aromatic rings. The zero-order valence-corrected chi connectivity index (χ0v) is 5.52. The molecule has 0 amide bonds. The summed E-state index contributed by atoms with van der Waals surface area (Å²) in [5, 5.41) is 0. The van der Waals surface area contributed by atoms with Gasteiger partial charge in [-0.2, -0.15) is 0 Å². The van der Waals surface area contributed by atoms with E-state index in [-0.39, 0.29) is 32.7 Å². The van der Waals surface area contributed by atoms with E-state index in [1.165, 1.54) is 6.79 Å². The first-order valence-electron chi connectivity index (χ1n) is 1.05. The number of hydrogen-bond donors (Lipinski definition) is 0. The molecule has 0 saturated carbocycles. The molecule has 5 heavy (non-hydrogen) atoms. The van der Waals surface area contributed by atoms with E-state index in [4.69, 9.17) is 0 Å². The molecule has 0 atom stereocenters. The van der Waals surface area contributed by atoms with Gasteiger partial charge in [-0.25, -0.2) is 0 Å². The van der Waals surface area contributed by atoms with Gasteiger partial charge in [0.25, 0.3) is 0 Å². The van der Waals surface area contributed by atoms with E-state index in [0.717, 1.165) is 0 Å². The van der Waals surface area contributed by atoms with Gasteiger partial charge in [0.15, 0.2) is 0 Å². The summed E-state index contributed by atoms with van der Waals surface area (Å²) in [5.74, 6) is 0. The Morgan fingerprint density at radius 2 is 1.60 bits per heavy atom. The molecule has 0 N–H and O–H groups in total. The molecule has 3 heteroatoms. The van der Waals surface area contributed by atoms with Gasteiger partial charge in [0.05, 0.1) is 6.79 Å². The molecule has 0 aliphatic carbocycles. The SMILES string of the molecule is [CH-]1OCO1.[Y]. The van der Waals surface area contributed by atoms with E-state index in [0.29, 0.717) is 6.79 Å². The Bertz CT molecular complexity index is 15.6. The molecular weight excluding hydrogens is 145 g/mol. The van der Waals surface area contributed by atoms with Gasteiger partial charge in [-0.1, -0.05) is 6.79 Å². The van der Waals surface area contributed by atoms with E-state index >= 15 is 0 Å².